The quantitative estimate of drug-likeness (QED) is 0.704. The van der Waals surface area contributed by atoms with Gasteiger partial charge in [0.15, 0.2) is 11.5 Å². The Labute approximate surface area is 123 Å². The maximum Gasteiger partial charge on any atom is 0.305 e. The molecule has 1 aromatic rings. The van der Waals surface area contributed by atoms with Crippen molar-refractivity contribution in [2.75, 3.05) is 32.8 Å². The van der Waals surface area contributed by atoms with Crippen molar-refractivity contribution in [2.45, 2.75) is 18.4 Å². The minimum absolute atomic E-state index is 0.154. The average molecular weight is 292 g/mol. The standard InChI is InChI=1S/C15H20N2O4/c18-14(19)8-15(9-16-10-15)17-4-3-11-1-2-12-13(7-11)21-6-5-20-12/h1-2,7,16-17H,3-6,8-10H2,(H,18,19). The Morgan fingerprint density at radius 3 is 2.71 bits per heavy atom. The van der Waals surface area contributed by atoms with Crippen molar-refractivity contribution in [3.05, 3.63) is 23.8 Å². The highest BCUT2D eigenvalue weighted by Crippen LogP contribution is 2.30. The van der Waals surface area contributed by atoms with Crippen molar-refractivity contribution in [2.24, 2.45) is 0 Å². The van der Waals surface area contributed by atoms with Gasteiger partial charge >= 0.3 is 5.97 Å². The predicted octanol–water partition coefficient (Wildman–Crippen LogP) is 0.407. The highest BCUT2D eigenvalue weighted by molar-refractivity contribution is 5.68. The van der Waals surface area contributed by atoms with E-state index in [-0.39, 0.29) is 12.0 Å². The van der Waals surface area contributed by atoms with E-state index in [9.17, 15) is 4.79 Å². The van der Waals surface area contributed by atoms with E-state index in [0.29, 0.717) is 26.3 Å². The van der Waals surface area contributed by atoms with Crippen LogP contribution in [0, 0.1) is 0 Å². The van der Waals surface area contributed by atoms with Crippen LogP contribution in [-0.4, -0.2) is 49.5 Å². The third-order valence-electron chi connectivity index (χ3n) is 3.94. The lowest BCUT2D eigenvalue weighted by atomic mass is 9.88. The number of rotatable bonds is 6. The second-order valence-corrected chi connectivity index (χ2v) is 5.61. The van der Waals surface area contributed by atoms with Crippen molar-refractivity contribution in [3.8, 4) is 11.5 Å². The molecule has 0 saturated carbocycles. The smallest absolute Gasteiger partial charge is 0.305 e. The Morgan fingerprint density at radius 1 is 1.29 bits per heavy atom. The predicted molar refractivity (Wildman–Crippen MR) is 77.0 cm³/mol. The number of benzene rings is 1. The number of fused-ring (bicyclic) bond motifs is 1. The molecule has 1 aromatic carbocycles. The molecule has 0 aromatic heterocycles. The third-order valence-corrected chi connectivity index (χ3v) is 3.94. The van der Waals surface area contributed by atoms with Crippen LogP contribution in [-0.2, 0) is 11.2 Å². The number of carboxylic acid groups (broad SMARTS) is 1. The van der Waals surface area contributed by atoms with Crippen molar-refractivity contribution in [1.29, 1.82) is 0 Å². The number of aliphatic carboxylic acids is 1. The molecule has 6 nitrogen and oxygen atoms in total. The van der Waals surface area contributed by atoms with Crippen molar-refractivity contribution < 1.29 is 19.4 Å². The van der Waals surface area contributed by atoms with Gasteiger partial charge < -0.3 is 25.2 Å². The second kappa shape index (κ2) is 5.91. The van der Waals surface area contributed by atoms with Gasteiger partial charge in [0, 0.05) is 13.1 Å². The molecule has 0 atom stereocenters. The molecule has 0 amide bonds. The lowest BCUT2D eigenvalue weighted by Crippen LogP contribution is -2.68. The van der Waals surface area contributed by atoms with Crippen LogP contribution in [0.1, 0.15) is 12.0 Å². The van der Waals surface area contributed by atoms with Crippen molar-refractivity contribution >= 4 is 5.97 Å². The van der Waals surface area contributed by atoms with Crippen LogP contribution in [0.25, 0.3) is 0 Å². The van der Waals surface area contributed by atoms with Crippen LogP contribution in [0.2, 0.25) is 0 Å². The van der Waals surface area contributed by atoms with Gasteiger partial charge in [0.05, 0.1) is 12.0 Å². The molecule has 0 spiro atoms. The van der Waals surface area contributed by atoms with Gasteiger partial charge in [0.25, 0.3) is 0 Å². The largest absolute Gasteiger partial charge is 0.486 e. The molecule has 2 aliphatic rings. The topological polar surface area (TPSA) is 79.8 Å². The molecule has 3 N–H and O–H groups in total. The molecule has 6 heteroatoms. The Morgan fingerprint density at radius 2 is 2.05 bits per heavy atom. The van der Waals surface area contributed by atoms with E-state index in [4.69, 9.17) is 14.6 Å². The summed E-state index contributed by atoms with van der Waals surface area (Å²) < 4.78 is 11.1. The minimum Gasteiger partial charge on any atom is -0.486 e. The van der Waals surface area contributed by atoms with E-state index in [1.807, 2.05) is 18.2 Å². The number of carboxylic acids is 1. The Hall–Kier alpha value is -1.79. The SMILES string of the molecule is O=C(O)CC1(NCCc2ccc3c(c2)OCCO3)CNC1. The highest BCUT2D eigenvalue weighted by Gasteiger charge is 2.38. The summed E-state index contributed by atoms with van der Waals surface area (Å²) in [5, 5.41) is 15.5. The molecule has 0 bridgehead atoms. The van der Waals surface area contributed by atoms with Gasteiger partial charge in [-0.3, -0.25) is 4.79 Å². The molecule has 2 aliphatic heterocycles. The van der Waals surface area contributed by atoms with E-state index in [2.05, 4.69) is 10.6 Å². The van der Waals surface area contributed by atoms with Crippen molar-refractivity contribution in [3.63, 3.8) is 0 Å². The fourth-order valence-corrected chi connectivity index (χ4v) is 2.74. The third kappa shape index (κ3) is 3.28. The first kappa shape index (κ1) is 14.2. The molecule has 3 rings (SSSR count). The zero-order valence-corrected chi connectivity index (χ0v) is 11.9. The van der Waals surface area contributed by atoms with Gasteiger partial charge in [-0.25, -0.2) is 0 Å². The van der Waals surface area contributed by atoms with E-state index in [1.54, 1.807) is 0 Å². The van der Waals surface area contributed by atoms with Crippen LogP contribution >= 0.6 is 0 Å². The van der Waals surface area contributed by atoms with Crippen LogP contribution < -0.4 is 20.1 Å². The molecular formula is C15H20N2O4. The normalized spacial score (nSPS) is 18.9. The van der Waals surface area contributed by atoms with E-state index < -0.39 is 5.97 Å². The molecule has 0 radical (unpaired) electrons. The molecule has 0 unspecified atom stereocenters. The molecule has 0 aliphatic carbocycles. The molecule has 21 heavy (non-hydrogen) atoms. The lowest BCUT2D eigenvalue weighted by Gasteiger charge is -2.42. The summed E-state index contributed by atoms with van der Waals surface area (Å²) >= 11 is 0. The Bertz CT molecular complexity index is 528. The summed E-state index contributed by atoms with van der Waals surface area (Å²) in [5.41, 5.74) is 0.865. The number of carbonyl (C=O) groups is 1. The lowest BCUT2D eigenvalue weighted by molar-refractivity contribution is -0.139. The molecule has 114 valence electrons. The van der Waals surface area contributed by atoms with Gasteiger partial charge in [-0.2, -0.15) is 0 Å². The fraction of sp³-hybridized carbons (Fsp3) is 0.533. The second-order valence-electron chi connectivity index (χ2n) is 5.61. The molecule has 1 fully saturated rings. The summed E-state index contributed by atoms with van der Waals surface area (Å²) in [6.45, 7) is 3.34. The Kier molecular flexibility index (Phi) is 3.98. The number of hydrogen-bond acceptors (Lipinski definition) is 5. The van der Waals surface area contributed by atoms with E-state index in [1.165, 1.54) is 0 Å². The van der Waals surface area contributed by atoms with Crippen LogP contribution in [0.5, 0.6) is 11.5 Å². The van der Waals surface area contributed by atoms with Crippen LogP contribution in [0.3, 0.4) is 0 Å². The number of hydrogen-bond donors (Lipinski definition) is 3. The van der Waals surface area contributed by atoms with Gasteiger partial charge in [-0.05, 0) is 30.7 Å². The van der Waals surface area contributed by atoms with Gasteiger partial charge in [-0.1, -0.05) is 6.07 Å². The van der Waals surface area contributed by atoms with Gasteiger partial charge in [0.2, 0.25) is 0 Å². The first-order valence-electron chi connectivity index (χ1n) is 7.23. The Balaban J connectivity index is 1.54. The molecule has 1 saturated heterocycles. The fourth-order valence-electron chi connectivity index (χ4n) is 2.74. The van der Waals surface area contributed by atoms with Crippen LogP contribution in [0.15, 0.2) is 18.2 Å². The van der Waals surface area contributed by atoms with Crippen molar-refractivity contribution in [1.82, 2.24) is 10.6 Å². The summed E-state index contributed by atoms with van der Waals surface area (Å²) in [5.74, 6) is 0.830. The zero-order valence-electron chi connectivity index (χ0n) is 11.9. The minimum atomic E-state index is -0.761. The molecular weight excluding hydrogens is 272 g/mol. The van der Waals surface area contributed by atoms with E-state index >= 15 is 0 Å². The van der Waals surface area contributed by atoms with Gasteiger partial charge in [-0.15, -0.1) is 0 Å². The number of nitrogens with one attached hydrogen (secondary N) is 2. The maximum atomic E-state index is 10.9. The van der Waals surface area contributed by atoms with E-state index in [0.717, 1.165) is 30.0 Å². The first-order valence-corrected chi connectivity index (χ1v) is 7.23. The summed E-state index contributed by atoms with van der Waals surface area (Å²) in [6, 6.07) is 5.96. The van der Waals surface area contributed by atoms with Crippen LogP contribution in [0.4, 0.5) is 0 Å². The van der Waals surface area contributed by atoms with Gasteiger partial charge in [0.1, 0.15) is 13.2 Å². The zero-order chi connectivity index (χ0) is 14.7. The summed E-state index contributed by atoms with van der Waals surface area (Å²) in [4.78, 5) is 10.9. The summed E-state index contributed by atoms with van der Waals surface area (Å²) in [6.07, 6.45) is 0.985. The highest BCUT2D eigenvalue weighted by atomic mass is 16.6. The maximum absolute atomic E-state index is 10.9. The monoisotopic (exact) mass is 292 g/mol. The first-order chi connectivity index (χ1) is 10.2. The number of ether oxygens (including phenoxy) is 2. The molecule has 2 heterocycles. The average Bonchev–Trinajstić information content (AvgIpc) is 2.44. The summed E-state index contributed by atoms with van der Waals surface area (Å²) in [7, 11) is 0.